The zero-order valence-corrected chi connectivity index (χ0v) is 14.9. The summed E-state index contributed by atoms with van der Waals surface area (Å²) in [6.07, 6.45) is 0.826. The van der Waals surface area contributed by atoms with Crippen LogP contribution < -0.4 is 5.32 Å². The molecule has 3 aromatic rings. The molecule has 2 aromatic carbocycles. The Bertz CT molecular complexity index is 867. The van der Waals surface area contributed by atoms with Gasteiger partial charge in [0, 0.05) is 40.2 Å². The quantitative estimate of drug-likeness (QED) is 0.732. The second kappa shape index (κ2) is 6.59. The molecule has 0 saturated carbocycles. The lowest BCUT2D eigenvalue weighted by Crippen LogP contribution is -2.25. The van der Waals surface area contributed by atoms with Gasteiger partial charge in [0.2, 0.25) is 0 Å². The van der Waals surface area contributed by atoms with Gasteiger partial charge < -0.3 is 9.88 Å². The van der Waals surface area contributed by atoms with Gasteiger partial charge in [0.25, 0.3) is 5.91 Å². The monoisotopic (exact) mass is 370 g/mol. The maximum atomic E-state index is 12.2. The molecule has 4 heteroatoms. The number of halogens is 1. The first kappa shape index (κ1) is 15.8. The smallest absolute Gasteiger partial charge is 0.251 e. The van der Waals surface area contributed by atoms with Crippen molar-refractivity contribution < 1.29 is 4.79 Å². The highest BCUT2D eigenvalue weighted by Crippen LogP contribution is 2.24. The van der Waals surface area contributed by atoms with E-state index in [1.165, 1.54) is 22.2 Å². The number of aryl methyl sites for hydroxylation is 1. The van der Waals surface area contributed by atoms with Crippen molar-refractivity contribution in [2.45, 2.75) is 13.3 Å². The Hall–Kier alpha value is -2.07. The summed E-state index contributed by atoms with van der Waals surface area (Å²) in [5, 5.41) is 4.27. The molecule has 0 saturated heterocycles. The molecule has 1 aromatic heterocycles. The van der Waals surface area contributed by atoms with E-state index in [1.54, 1.807) is 0 Å². The molecule has 1 amide bonds. The lowest BCUT2D eigenvalue weighted by molar-refractivity contribution is 0.0954. The Kier molecular flexibility index (Phi) is 4.53. The summed E-state index contributed by atoms with van der Waals surface area (Å²) in [6.45, 7) is 2.76. The highest BCUT2D eigenvalue weighted by molar-refractivity contribution is 9.10. The number of para-hydroxylation sites is 1. The number of hydrogen-bond donors (Lipinski definition) is 1. The van der Waals surface area contributed by atoms with Crippen molar-refractivity contribution >= 4 is 32.7 Å². The number of aromatic nitrogens is 1. The van der Waals surface area contributed by atoms with E-state index in [-0.39, 0.29) is 5.91 Å². The SMILES string of the molecule is Cc1c(CCNC(=O)c2cccc(Br)c2)c2ccccc2n1C. The molecule has 0 fully saturated rings. The minimum atomic E-state index is -0.0378. The maximum Gasteiger partial charge on any atom is 0.251 e. The topological polar surface area (TPSA) is 34.0 Å². The summed E-state index contributed by atoms with van der Waals surface area (Å²) in [5.74, 6) is -0.0378. The second-order valence-corrected chi connectivity index (χ2v) is 6.57. The number of fused-ring (bicyclic) bond motifs is 1. The molecule has 3 rings (SSSR count). The highest BCUT2D eigenvalue weighted by atomic mass is 79.9. The fourth-order valence-electron chi connectivity index (χ4n) is 2.95. The molecule has 0 aliphatic heterocycles. The zero-order valence-electron chi connectivity index (χ0n) is 13.3. The lowest BCUT2D eigenvalue weighted by atomic mass is 10.1. The predicted molar refractivity (Wildman–Crippen MR) is 97.8 cm³/mol. The summed E-state index contributed by atoms with van der Waals surface area (Å²) >= 11 is 3.39. The van der Waals surface area contributed by atoms with Crippen LogP contribution in [0, 0.1) is 6.92 Å². The average Bonchev–Trinajstić information content (AvgIpc) is 2.80. The van der Waals surface area contributed by atoms with Gasteiger partial charge in [0.05, 0.1) is 0 Å². The minimum Gasteiger partial charge on any atom is -0.352 e. The third kappa shape index (κ3) is 3.17. The number of amides is 1. The number of nitrogens with zero attached hydrogens (tertiary/aromatic N) is 1. The van der Waals surface area contributed by atoms with Gasteiger partial charge in [-0.15, -0.1) is 0 Å². The van der Waals surface area contributed by atoms with Crippen LogP contribution in [0.1, 0.15) is 21.6 Å². The molecular formula is C19H19BrN2O. The average molecular weight is 371 g/mol. The van der Waals surface area contributed by atoms with Crippen LogP contribution in [0.15, 0.2) is 53.0 Å². The Morgan fingerprint density at radius 2 is 1.96 bits per heavy atom. The van der Waals surface area contributed by atoms with Crippen molar-refractivity contribution in [2.75, 3.05) is 6.54 Å². The first-order valence-corrected chi connectivity index (χ1v) is 8.44. The molecule has 0 atom stereocenters. The van der Waals surface area contributed by atoms with Gasteiger partial charge in [0.1, 0.15) is 0 Å². The highest BCUT2D eigenvalue weighted by Gasteiger charge is 2.12. The largest absolute Gasteiger partial charge is 0.352 e. The summed E-state index contributed by atoms with van der Waals surface area (Å²) in [5.41, 5.74) is 4.47. The van der Waals surface area contributed by atoms with E-state index in [1.807, 2.05) is 24.3 Å². The lowest BCUT2D eigenvalue weighted by Gasteiger charge is -2.06. The number of benzene rings is 2. The summed E-state index contributed by atoms with van der Waals surface area (Å²) in [4.78, 5) is 12.2. The molecule has 3 nitrogen and oxygen atoms in total. The van der Waals surface area contributed by atoms with Crippen LogP contribution >= 0.6 is 15.9 Å². The van der Waals surface area contributed by atoms with Crippen LogP contribution in [0.5, 0.6) is 0 Å². The van der Waals surface area contributed by atoms with Gasteiger partial charge in [0.15, 0.2) is 0 Å². The van der Waals surface area contributed by atoms with Crippen molar-refractivity contribution in [3.8, 4) is 0 Å². The first-order chi connectivity index (χ1) is 11.1. The van der Waals surface area contributed by atoms with Crippen LogP contribution in [0.25, 0.3) is 10.9 Å². The molecule has 1 N–H and O–H groups in total. The van der Waals surface area contributed by atoms with Crippen molar-refractivity contribution in [2.24, 2.45) is 7.05 Å². The molecular weight excluding hydrogens is 352 g/mol. The van der Waals surface area contributed by atoms with Crippen LogP contribution in [0.4, 0.5) is 0 Å². The van der Waals surface area contributed by atoms with E-state index in [0.717, 1.165) is 10.9 Å². The molecule has 0 unspecified atom stereocenters. The molecule has 0 aliphatic carbocycles. The summed E-state index contributed by atoms with van der Waals surface area (Å²) < 4.78 is 3.12. The second-order valence-electron chi connectivity index (χ2n) is 5.66. The molecule has 0 spiro atoms. The normalized spacial score (nSPS) is 10.9. The van der Waals surface area contributed by atoms with Gasteiger partial charge >= 0.3 is 0 Å². The first-order valence-electron chi connectivity index (χ1n) is 7.64. The van der Waals surface area contributed by atoms with Crippen molar-refractivity contribution in [1.82, 2.24) is 9.88 Å². The van der Waals surface area contributed by atoms with Crippen LogP contribution in [0.3, 0.4) is 0 Å². The van der Waals surface area contributed by atoms with Gasteiger partial charge in [-0.3, -0.25) is 4.79 Å². The number of hydrogen-bond acceptors (Lipinski definition) is 1. The summed E-state index contributed by atoms with van der Waals surface area (Å²) in [6, 6.07) is 15.8. The Labute approximate surface area is 144 Å². The van der Waals surface area contributed by atoms with E-state index in [9.17, 15) is 4.79 Å². The van der Waals surface area contributed by atoms with Gasteiger partial charge in [-0.25, -0.2) is 0 Å². The van der Waals surface area contributed by atoms with Crippen LogP contribution in [-0.4, -0.2) is 17.0 Å². The fourth-order valence-corrected chi connectivity index (χ4v) is 3.35. The van der Waals surface area contributed by atoms with Crippen molar-refractivity contribution in [3.05, 3.63) is 69.8 Å². The van der Waals surface area contributed by atoms with E-state index in [4.69, 9.17) is 0 Å². The summed E-state index contributed by atoms with van der Waals surface area (Å²) in [7, 11) is 2.08. The van der Waals surface area contributed by atoms with E-state index in [0.29, 0.717) is 12.1 Å². The molecule has 118 valence electrons. The molecule has 0 radical (unpaired) electrons. The van der Waals surface area contributed by atoms with E-state index < -0.39 is 0 Å². The zero-order chi connectivity index (χ0) is 16.4. The predicted octanol–water partition coefficient (Wildman–Crippen LogP) is 4.22. The third-order valence-corrected chi connectivity index (χ3v) is 4.77. The number of nitrogens with one attached hydrogen (secondary N) is 1. The van der Waals surface area contributed by atoms with Gasteiger partial charge in [-0.1, -0.05) is 40.2 Å². The van der Waals surface area contributed by atoms with E-state index >= 15 is 0 Å². The van der Waals surface area contributed by atoms with Crippen LogP contribution in [0.2, 0.25) is 0 Å². The Morgan fingerprint density at radius 1 is 1.17 bits per heavy atom. The van der Waals surface area contributed by atoms with Crippen LogP contribution in [-0.2, 0) is 13.5 Å². The van der Waals surface area contributed by atoms with Crippen molar-refractivity contribution in [1.29, 1.82) is 0 Å². The number of rotatable bonds is 4. The Morgan fingerprint density at radius 3 is 2.74 bits per heavy atom. The number of carbonyl (C=O) groups is 1. The van der Waals surface area contributed by atoms with Gasteiger partial charge in [-0.05, 0) is 43.2 Å². The molecule has 0 aliphatic rings. The van der Waals surface area contributed by atoms with Gasteiger partial charge in [-0.2, -0.15) is 0 Å². The third-order valence-electron chi connectivity index (χ3n) is 4.28. The Balaban J connectivity index is 1.72. The van der Waals surface area contributed by atoms with E-state index in [2.05, 4.69) is 64.1 Å². The molecule has 23 heavy (non-hydrogen) atoms. The number of carbonyl (C=O) groups excluding carboxylic acids is 1. The molecule has 0 bridgehead atoms. The van der Waals surface area contributed by atoms with Crippen molar-refractivity contribution in [3.63, 3.8) is 0 Å². The molecule has 1 heterocycles. The minimum absolute atomic E-state index is 0.0378. The standard InChI is InChI=1S/C19H19BrN2O/c1-13-16(17-8-3-4-9-18(17)22(13)2)10-11-21-19(23)14-6-5-7-15(20)12-14/h3-9,12H,10-11H2,1-2H3,(H,21,23). The fraction of sp³-hybridized carbons (Fsp3) is 0.211. The maximum absolute atomic E-state index is 12.2.